The van der Waals surface area contributed by atoms with Gasteiger partial charge in [0.25, 0.3) is 16.4 Å². The number of nitrogens with zero attached hydrogens (tertiary/aromatic N) is 4. The smallest absolute Gasteiger partial charge is 0.267 e. The number of benzene rings is 1. The van der Waals surface area contributed by atoms with Crippen molar-refractivity contribution in [3.05, 3.63) is 42.7 Å². The van der Waals surface area contributed by atoms with Gasteiger partial charge in [0.1, 0.15) is 11.4 Å². The average Bonchev–Trinajstić information content (AvgIpc) is 3.12. The number of aromatic nitrogens is 2. The van der Waals surface area contributed by atoms with Crippen molar-refractivity contribution in [2.45, 2.75) is 43.7 Å². The Balaban J connectivity index is 1.93. The lowest BCUT2D eigenvalue weighted by atomic mass is 10.0. The summed E-state index contributed by atoms with van der Waals surface area (Å²) in [6, 6.07) is 8.74. The maximum absolute atomic E-state index is 13.4. The molecule has 3 rings (SSSR count). The minimum Gasteiger partial charge on any atom is -0.303 e. The standard InChI is InChI=1S/C18H24F2N4O2S/c1-2-22-10-8-16(9-11-22)24(15-6-4-3-5-7-15)27(25,26)17-12-21-23(13-17)14-18(19)20/h3-7,12-13,16,18H,2,8-11,14H2,1H3. The van der Waals surface area contributed by atoms with Crippen LogP contribution in [0.2, 0.25) is 0 Å². The molecule has 1 aromatic heterocycles. The molecule has 1 saturated heterocycles. The summed E-state index contributed by atoms with van der Waals surface area (Å²) in [5, 5.41) is 3.79. The molecule has 27 heavy (non-hydrogen) atoms. The summed E-state index contributed by atoms with van der Waals surface area (Å²) in [6.07, 6.45) is 1.16. The van der Waals surface area contributed by atoms with E-state index >= 15 is 0 Å². The van der Waals surface area contributed by atoms with Gasteiger partial charge in [-0.1, -0.05) is 25.1 Å². The van der Waals surface area contributed by atoms with E-state index in [-0.39, 0.29) is 10.9 Å². The van der Waals surface area contributed by atoms with E-state index in [1.54, 1.807) is 24.3 Å². The number of sulfonamides is 1. The van der Waals surface area contributed by atoms with Gasteiger partial charge in [-0.05, 0) is 31.5 Å². The summed E-state index contributed by atoms with van der Waals surface area (Å²) in [5.74, 6) is 0. The summed E-state index contributed by atoms with van der Waals surface area (Å²) in [5.41, 5.74) is 0.578. The lowest BCUT2D eigenvalue weighted by molar-refractivity contribution is 0.121. The zero-order chi connectivity index (χ0) is 19.4. The lowest BCUT2D eigenvalue weighted by Crippen LogP contribution is -2.47. The predicted molar refractivity (Wildman–Crippen MR) is 99.5 cm³/mol. The van der Waals surface area contributed by atoms with Crippen molar-refractivity contribution in [2.75, 3.05) is 23.9 Å². The first kappa shape index (κ1) is 19.8. The van der Waals surface area contributed by atoms with E-state index in [1.165, 1.54) is 10.5 Å². The van der Waals surface area contributed by atoms with E-state index in [1.807, 2.05) is 6.07 Å². The Labute approximate surface area is 158 Å². The number of halogens is 2. The normalized spacial score (nSPS) is 16.7. The van der Waals surface area contributed by atoms with Gasteiger partial charge < -0.3 is 4.90 Å². The van der Waals surface area contributed by atoms with Gasteiger partial charge in [-0.25, -0.2) is 17.2 Å². The van der Waals surface area contributed by atoms with E-state index in [4.69, 9.17) is 0 Å². The van der Waals surface area contributed by atoms with Crippen LogP contribution in [0.15, 0.2) is 47.6 Å². The highest BCUT2D eigenvalue weighted by Gasteiger charge is 2.34. The van der Waals surface area contributed by atoms with E-state index in [9.17, 15) is 17.2 Å². The van der Waals surface area contributed by atoms with Crippen LogP contribution in [-0.4, -0.2) is 55.2 Å². The summed E-state index contributed by atoms with van der Waals surface area (Å²) in [4.78, 5) is 2.22. The first-order chi connectivity index (χ1) is 12.9. The van der Waals surface area contributed by atoms with Crippen LogP contribution in [0.5, 0.6) is 0 Å². The number of hydrogen-bond donors (Lipinski definition) is 0. The largest absolute Gasteiger partial charge is 0.303 e. The Morgan fingerprint density at radius 1 is 1.22 bits per heavy atom. The molecule has 1 fully saturated rings. The Bertz CT molecular complexity index is 834. The number of alkyl halides is 2. The number of likely N-dealkylation sites (tertiary alicyclic amines) is 1. The molecule has 1 aliphatic heterocycles. The number of para-hydroxylation sites is 1. The SMILES string of the molecule is CCN1CCC(N(c2ccccc2)S(=O)(=O)c2cnn(CC(F)F)c2)CC1. The van der Waals surface area contributed by atoms with Gasteiger partial charge in [-0.15, -0.1) is 0 Å². The van der Waals surface area contributed by atoms with Gasteiger partial charge >= 0.3 is 0 Å². The highest BCUT2D eigenvalue weighted by atomic mass is 32.2. The minimum absolute atomic E-state index is 0.0649. The van der Waals surface area contributed by atoms with Crippen molar-refractivity contribution in [2.24, 2.45) is 0 Å². The van der Waals surface area contributed by atoms with Crippen LogP contribution in [0.3, 0.4) is 0 Å². The van der Waals surface area contributed by atoms with Gasteiger partial charge in [-0.2, -0.15) is 5.10 Å². The highest BCUT2D eigenvalue weighted by molar-refractivity contribution is 7.92. The molecule has 9 heteroatoms. The number of rotatable bonds is 7. The fraction of sp³-hybridized carbons (Fsp3) is 0.500. The molecule has 0 unspecified atom stereocenters. The van der Waals surface area contributed by atoms with Crippen LogP contribution in [0.25, 0.3) is 0 Å². The van der Waals surface area contributed by atoms with Crippen molar-refractivity contribution in [3.63, 3.8) is 0 Å². The number of hydrogen-bond acceptors (Lipinski definition) is 4. The molecule has 6 nitrogen and oxygen atoms in total. The van der Waals surface area contributed by atoms with Crippen molar-refractivity contribution >= 4 is 15.7 Å². The second-order valence-electron chi connectivity index (χ2n) is 6.59. The van der Waals surface area contributed by atoms with Crippen LogP contribution in [-0.2, 0) is 16.6 Å². The summed E-state index contributed by atoms with van der Waals surface area (Å²) in [7, 11) is -3.91. The van der Waals surface area contributed by atoms with Crippen LogP contribution in [0.1, 0.15) is 19.8 Å². The fourth-order valence-corrected chi connectivity index (χ4v) is 5.09. The van der Waals surface area contributed by atoms with Crippen molar-refractivity contribution < 1.29 is 17.2 Å². The van der Waals surface area contributed by atoms with E-state index < -0.39 is 23.0 Å². The molecule has 148 valence electrons. The first-order valence-electron chi connectivity index (χ1n) is 9.04. The monoisotopic (exact) mass is 398 g/mol. The third kappa shape index (κ3) is 4.47. The topological polar surface area (TPSA) is 58.4 Å². The molecular weight excluding hydrogens is 374 g/mol. The zero-order valence-electron chi connectivity index (χ0n) is 15.2. The minimum atomic E-state index is -3.91. The molecule has 0 saturated carbocycles. The molecule has 1 aliphatic rings. The number of piperidine rings is 1. The third-order valence-electron chi connectivity index (χ3n) is 4.84. The Morgan fingerprint density at radius 2 is 1.89 bits per heavy atom. The summed E-state index contributed by atoms with van der Waals surface area (Å²) >= 11 is 0. The third-order valence-corrected chi connectivity index (χ3v) is 6.67. The summed E-state index contributed by atoms with van der Waals surface area (Å²) < 4.78 is 54.3. The second kappa shape index (κ2) is 8.35. The molecule has 0 bridgehead atoms. The van der Waals surface area contributed by atoms with E-state index in [0.29, 0.717) is 18.5 Å². The highest BCUT2D eigenvalue weighted by Crippen LogP contribution is 2.30. The molecule has 0 spiro atoms. The van der Waals surface area contributed by atoms with Crippen molar-refractivity contribution in [1.82, 2.24) is 14.7 Å². The second-order valence-corrected chi connectivity index (χ2v) is 8.41. The van der Waals surface area contributed by atoms with Crippen LogP contribution in [0.4, 0.5) is 14.5 Å². The van der Waals surface area contributed by atoms with Crippen LogP contribution < -0.4 is 4.31 Å². The zero-order valence-corrected chi connectivity index (χ0v) is 16.0. The Morgan fingerprint density at radius 3 is 2.48 bits per heavy atom. The van der Waals surface area contributed by atoms with E-state index in [0.717, 1.165) is 30.5 Å². The first-order valence-corrected chi connectivity index (χ1v) is 10.5. The van der Waals surface area contributed by atoms with E-state index in [2.05, 4.69) is 16.9 Å². The van der Waals surface area contributed by atoms with Gasteiger partial charge in [0, 0.05) is 25.3 Å². The predicted octanol–water partition coefficient (Wildman–Crippen LogP) is 2.83. The maximum Gasteiger partial charge on any atom is 0.267 e. The van der Waals surface area contributed by atoms with Crippen LogP contribution in [0, 0.1) is 0 Å². The summed E-state index contributed by atoms with van der Waals surface area (Å²) in [6.45, 7) is 4.04. The molecule has 1 aromatic carbocycles. The maximum atomic E-state index is 13.4. The van der Waals surface area contributed by atoms with Gasteiger partial charge in [0.05, 0.1) is 11.9 Å². The van der Waals surface area contributed by atoms with Gasteiger partial charge in [-0.3, -0.25) is 8.99 Å². The molecule has 0 atom stereocenters. The molecule has 0 N–H and O–H groups in total. The molecule has 0 amide bonds. The van der Waals surface area contributed by atoms with Gasteiger partial charge in [0.2, 0.25) is 0 Å². The fourth-order valence-electron chi connectivity index (χ4n) is 3.42. The molecule has 2 heterocycles. The average molecular weight is 398 g/mol. The molecular formula is C18H24F2N4O2S. The molecule has 2 aromatic rings. The van der Waals surface area contributed by atoms with Gasteiger partial charge in [0.15, 0.2) is 0 Å². The molecule has 0 aliphatic carbocycles. The number of anilines is 1. The molecule has 0 radical (unpaired) electrons. The Kier molecular flexibility index (Phi) is 6.11. The van der Waals surface area contributed by atoms with Crippen molar-refractivity contribution in [1.29, 1.82) is 0 Å². The lowest BCUT2D eigenvalue weighted by Gasteiger charge is -2.38. The quantitative estimate of drug-likeness (QED) is 0.720. The van der Waals surface area contributed by atoms with Crippen molar-refractivity contribution in [3.8, 4) is 0 Å². The van der Waals surface area contributed by atoms with Crippen LogP contribution >= 0.6 is 0 Å². The Hall–Kier alpha value is -2.00.